The molecule has 0 bridgehead atoms. The first-order valence-electron chi connectivity index (χ1n) is 15.3. The van der Waals surface area contributed by atoms with Gasteiger partial charge in [-0.15, -0.1) is 0 Å². The first-order valence-corrected chi connectivity index (χ1v) is 16.9. The number of halogens is 5. The van der Waals surface area contributed by atoms with Crippen molar-refractivity contribution in [1.82, 2.24) is 9.29 Å². The van der Waals surface area contributed by atoms with Gasteiger partial charge in [0.25, 0.3) is 0 Å². The quantitative estimate of drug-likeness (QED) is 0.134. The molecule has 1 saturated heterocycles. The highest BCUT2D eigenvalue weighted by molar-refractivity contribution is 7.97. The Morgan fingerprint density at radius 2 is 1.43 bits per heavy atom. The van der Waals surface area contributed by atoms with E-state index in [4.69, 9.17) is 32.9 Å². The predicted molar refractivity (Wildman–Crippen MR) is 185 cm³/mol. The van der Waals surface area contributed by atoms with Crippen LogP contribution in [0.3, 0.4) is 0 Å². The van der Waals surface area contributed by atoms with Crippen molar-refractivity contribution in [3.63, 3.8) is 0 Å². The summed E-state index contributed by atoms with van der Waals surface area (Å²) >= 11 is 12.4. The van der Waals surface area contributed by atoms with Crippen LogP contribution in [0.2, 0.25) is 10.0 Å². The monoisotopic (exact) mass is 693 g/mol. The van der Waals surface area contributed by atoms with Crippen molar-refractivity contribution in [3.8, 4) is 5.88 Å². The highest BCUT2D eigenvalue weighted by atomic mass is 35.5. The fraction of sp³-hybridized carbons (Fsp3) is 0.400. The van der Waals surface area contributed by atoms with Gasteiger partial charge in [-0.2, -0.15) is 13.2 Å². The maximum Gasteiger partial charge on any atom is 0.456 e. The van der Waals surface area contributed by atoms with E-state index < -0.39 is 11.1 Å². The minimum absolute atomic E-state index is 0.0404. The van der Waals surface area contributed by atoms with Gasteiger partial charge in [0.15, 0.2) is 0 Å². The number of aliphatic hydroxyl groups excluding tert-OH is 1. The van der Waals surface area contributed by atoms with E-state index in [1.807, 2.05) is 60.7 Å². The topological polar surface area (TPSA) is 57.6 Å². The molecule has 0 saturated carbocycles. The molecule has 5 rings (SSSR count). The lowest BCUT2D eigenvalue weighted by molar-refractivity contribution is -0.0366. The largest absolute Gasteiger partial charge is 0.469 e. The number of benzene rings is 3. The fourth-order valence-electron chi connectivity index (χ4n) is 5.23. The molecule has 0 unspecified atom stereocenters. The second-order valence-corrected chi connectivity index (χ2v) is 14.0. The number of hydrogen-bond acceptors (Lipinski definition) is 6. The van der Waals surface area contributed by atoms with Gasteiger partial charge in [-0.25, -0.2) is 9.29 Å². The number of piperidine rings is 1. The number of ether oxygens (including phenoxy) is 1. The zero-order valence-corrected chi connectivity index (χ0v) is 28.7. The molecule has 0 aliphatic carbocycles. The average molecular weight is 695 g/mol. The van der Waals surface area contributed by atoms with E-state index in [1.165, 1.54) is 10.7 Å². The van der Waals surface area contributed by atoms with E-state index in [9.17, 15) is 18.3 Å². The predicted octanol–water partition coefficient (Wildman–Crippen LogP) is 10.3. The Hall–Kier alpha value is -2.69. The Labute approximate surface area is 283 Å². The van der Waals surface area contributed by atoms with Gasteiger partial charge in [-0.1, -0.05) is 73.8 Å². The highest BCUT2D eigenvalue weighted by Crippen LogP contribution is 2.39. The number of nitrogens with one attached hydrogen (secondary N) is 1. The number of hydrogen-bond donors (Lipinski definition) is 2. The third-order valence-corrected chi connectivity index (χ3v) is 8.69. The summed E-state index contributed by atoms with van der Waals surface area (Å²) in [5, 5.41) is 15.5. The fourth-order valence-corrected chi connectivity index (χ4v) is 6.17. The lowest BCUT2D eigenvalue weighted by Crippen LogP contribution is -2.37. The van der Waals surface area contributed by atoms with Gasteiger partial charge in [0.05, 0.1) is 12.1 Å². The Morgan fingerprint density at radius 3 is 1.93 bits per heavy atom. The van der Waals surface area contributed by atoms with Gasteiger partial charge in [0.2, 0.25) is 5.88 Å². The van der Waals surface area contributed by atoms with Crippen LogP contribution >= 0.6 is 35.1 Å². The van der Waals surface area contributed by atoms with E-state index in [0.29, 0.717) is 47.4 Å². The summed E-state index contributed by atoms with van der Waals surface area (Å²) < 4.78 is 46.1. The van der Waals surface area contributed by atoms with E-state index >= 15 is 0 Å². The van der Waals surface area contributed by atoms with Crippen LogP contribution in [-0.4, -0.2) is 51.2 Å². The van der Waals surface area contributed by atoms with E-state index in [-0.39, 0.29) is 30.5 Å². The molecule has 0 radical (unpaired) electrons. The highest BCUT2D eigenvalue weighted by Gasteiger charge is 2.34. The molecular formula is C35H40Cl2F3N3O2S. The molecule has 46 heavy (non-hydrogen) atoms. The van der Waals surface area contributed by atoms with Crippen molar-refractivity contribution >= 4 is 51.7 Å². The van der Waals surface area contributed by atoms with Crippen molar-refractivity contribution in [2.45, 2.75) is 70.0 Å². The molecule has 1 aliphatic rings. The van der Waals surface area contributed by atoms with Crippen LogP contribution in [0.4, 0.5) is 18.9 Å². The number of aliphatic hydroxyl groups is 1. The Kier molecular flexibility index (Phi) is 12.5. The van der Waals surface area contributed by atoms with Gasteiger partial charge < -0.3 is 15.2 Å². The first kappa shape index (κ1) is 36.2. The molecule has 0 atom stereocenters. The summed E-state index contributed by atoms with van der Waals surface area (Å²) in [6.07, 6.45) is 2.34. The molecule has 1 fully saturated rings. The molecule has 0 spiro atoms. The summed E-state index contributed by atoms with van der Waals surface area (Å²) in [6, 6.07) is 23.3. The molecular weight excluding hydrogens is 654 g/mol. The minimum Gasteiger partial charge on any atom is -0.469 e. The van der Waals surface area contributed by atoms with Crippen molar-refractivity contribution in [2.24, 2.45) is 0 Å². The van der Waals surface area contributed by atoms with Gasteiger partial charge >= 0.3 is 5.51 Å². The van der Waals surface area contributed by atoms with Crippen molar-refractivity contribution in [2.75, 3.05) is 25.0 Å². The number of alkyl halides is 3. The summed E-state index contributed by atoms with van der Waals surface area (Å²) in [5.74, 6) is 0.220. The molecule has 11 heteroatoms. The Bertz CT molecular complexity index is 1520. The molecule has 5 nitrogen and oxygen atoms in total. The first-order chi connectivity index (χ1) is 21.8. The van der Waals surface area contributed by atoms with Gasteiger partial charge in [-0.3, -0.25) is 0 Å². The number of fused-ring (bicyclic) bond motifs is 1. The molecule has 2 N–H and O–H groups in total. The molecule has 1 aromatic heterocycles. The van der Waals surface area contributed by atoms with Crippen LogP contribution < -0.4 is 10.1 Å². The van der Waals surface area contributed by atoms with Crippen molar-refractivity contribution in [1.29, 1.82) is 0 Å². The second kappa shape index (κ2) is 15.9. The lowest BCUT2D eigenvalue weighted by atomic mass is 9.84. The van der Waals surface area contributed by atoms with E-state index in [2.05, 4.69) is 25.2 Å². The van der Waals surface area contributed by atoms with Gasteiger partial charge in [0, 0.05) is 64.2 Å². The Balaban J connectivity index is 0.00000154. The van der Waals surface area contributed by atoms with Crippen molar-refractivity contribution in [3.05, 3.63) is 99.5 Å². The number of nitrogens with zero attached hydrogens (tertiary/aromatic N) is 2. The lowest BCUT2D eigenvalue weighted by Gasteiger charge is -2.32. The van der Waals surface area contributed by atoms with Gasteiger partial charge in [0.1, 0.15) is 5.60 Å². The van der Waals surface area contributed by atoms with Crippen LogP contribution in [0, 0.1) is 0 Å². The zero-order valence-electron chi connectivity index (χ0n) is 26.4. The normalized spacial score (nSPS) is 14.7. The summed E-state index contributed by atoms with van der Waals surface area (Å²) in [5.41, 5.74) is -0.582. The SMILES string of the molecule is CC(C)(CO)Oc1cc(NC2CCN(SC(F)(F)F)CC2)c2cc(C(c3ccc(Cl)cc3)c3ccc(Cl)cc3)ccc2n1.CCC. The third-order valence-electron chi connectivity index (χ3n) is 7.36. The molecule has 2 heterocycles. The van der Waals surface area contributed by atoms with Crippen LogP contribution in [0.5, 0.6) is 5.88 Å². The third kappa shape index (κ3) is 10.2. The standard InChI is InChI=1S/C32H32Cl2F3N3O2S.C3H8/c1-31(2,19-41)42-29-18-28(38-25-13-15-40(16-14-25)43-32(35,36)37)26-17-22(7-12-27(26)39-29)30(20-3-8-23(33)9-4-20)21-5-10-24(34)11-6-21;1-3-2/h3-12,17-18,25,30,41H,13-16,19H2,1-2H3,(H,38,39);3H2,1-2H3. The van der Waals surface area contributed by atoms with Crippen LogP contribution in [0.25, 0.3) is 10.9 Å². The molecule has 3 aromatic carbocycles. The van der Waals surface area contributed by atoms with E-state index in [0.717, 1.165) is 27.8 Å². The van der Waals surface area contributed by atoms with Crippen LogP contribution in [0.15, 0.2) is 72.8 Å². The Morgan fingerprint density at radius 1 is 0.913 bits per heavy atom. The summed E-state index contributed by atoms with van der Waals surface area (Å²) in [4.78, 5) is 4.74. The minimum atomic E-state index is -4.30. The number of pyridine rings is 1. The second-order valence-electron chi connectivity index (χ2n) is 11.9. The maximum atomic E-state index is 12.9. The average Bonchev–Trinajstić information content (AvgIpc) is 3.00. The number of aromatic nitrogens is 1. The summed E-state index contributed by atoms with van der Waals surface area (Å²) in [6.45, 7) is 8.21. The van der Waals surface area contributed by atoms with Crippen LogP contribution in [-0.2, 0) is 0 Å². The number of rotatable bonds is 9. The smallest absolute Gasteiger partial charge is 0.456 e. The van der Waals surface area contributed by atoms with E-state index in [1.54, 1.807) is 19.9 Å². The number of anilines is 1. The maximum absolute atomic E-state index is 12.9. The molecule has 1 aliphatic heterocycles. The molecule has 4 aromatic rings. The van der Waals surface area contributed by atoms with Crippen molar-refractivity contribution < 1.29 is 23.0 Å². The van der Waals surface area contributed by atoms with Gasteiger partial charge in [-0.05, 0) is 79.8 Å². The van der Waals surface area contributed by atoms with Crippen LogP contribution in [0.1, 0.15) is 69.6 Å². The zero-order chi connectivity index (χ0) is 33.5. The molecule has 248 valence electrons. The molecule has 0 amide bonds. The summed E-state index contributed by atoms with van der Waals surface area (Å²) in [7, 11) is 0.